The number of piperidine rings is 1. The fourth-order valence-electron chi connectivity index (χ4n) is 6.83. The van der Waals surface area contributed by atoms with E-state index in [4.69, 9.17) is 14.0 Å². The topological polar surface area (TPSA) is 90.6 Å². The van der Waals surface area contributed by atoms with Crippen molar-refractivity contribution >= 4 is 11.9 Å². The number of ether oxygens (including phenoxy) is 2. The van der Waals surface area contributed by atoms with Gasteiger partial charge in [-0.2, -0.15) is 0 Å². The lowest BCUT2D eigenvalue weighted by Gasteiger charge is -2.39. The Morgan fingerprint density at radius 2 is 1.83 bits per heavy atom. The lowest BCUT2D eigenvalue weighted by atomic mass is 9.77. The number of aromatic nitrogens is 3. The van der Waals surface area contributed by atoms with Crippen molar-refractivity contribution in [2.45, 2.75) is 115 Å². The molecule has 6 rings (SSSR count). The largest absolute Gasteiger partial charge is 0.464 e. The molecule has 2 aliphatic carbocycles. The van der Waals surface area contributed by atoms with E-state index in [1.54, 1.807) is 6.07 Å². The summed E-state index contributed by atoms with van der Waals surface area (Å²) >= 11 is 0. The van der Waals surface area contributed by atoms with Crippen molar-refractivity contribution in [2.24, 2.45) is 5.92 Å². The van der Waals surface area contributed by atoms with E-state index in [9.17, 15) is 4.79 Å². The number of fused-ring (bicyclic) bond motifs is 2. The maximum Gasteiger partial charge on any atom is 0.356 e. The number of aryl methyl sites for hydroxylation is 1. The summed E-state index contributed by atoms with van der Waals surface area (Å²) in [5.41, 5.74) is 3.52. The van der Waals surface area contributed by atoms with Crippen LogP contribution in [0.4, 0.5) is 5.95 Å². The van der Waals surface area contributed by atoms with Crippen LogP contribution in [0.2, 0.25) is 0 Å². The van der Waals surface area contributed by atoms with Crippen LogP contribution >= 0.6 is 0 Å². The zero-order valence-corrected chi connectivity index (χ0v) is 21.7. The van der Waals surface area contributed by atoms with Crippen molar-refractivity contribution in [1.29, 1.82) is 0 Å². The number of rotatable bonds is 7. The van der Waals surface area contributed by atoms with E-state index in [-0.39, 0.29) is 6.10 Å². The van der Waals surface area contributed by atoms with Crippen molar-refractivity contribution in [2.75, 3.05) is 12.0 Å². The van der Waals surface area contributed by atoms with Crippen molar-refractivity contribution in [3.05, 3.63) is 34.5 Å². The molecule has 4 unspecified atom stereocenters. The van der Waals surface area contributed by atoms with Crippen LogP contribution in [0.1, 0.15) is 116 Å². The number of anilines is 1. The molecule has 4 heterocycles. The molecule has 8 nitrogen and oxygen atoms in total. The van der Waals surface area contributed by atoms with Gasteiger partial charge in [-0.3, -0.25) is 0 Å². The summed E-state index contributed by atoms with van der Waals surface area (Å²) in [4.78, 5) is 23.7. The molecule has 2 saturated heterocycles. The van der Waals surface area contributed by atoms with E-state index in [0.29, 0.717) is 48.1 Å². The first-order valence-corrected chi connectivity index (χ1v) is 13.8. The van der Waals surface area contributed by atoms with Gasteiger partial charge in [-0.05, 0) is 63.9 Å². The van der Waals surface area contributed by atoms with E-state index < -0.39 is 5.97 Å². The van der Waals surface area contributed by atoms with Crippen LogP contribution in [-0.4, -0.2) is 46.4 Å². The van der Waals surface area contributed by atoms with Gasteiger partial charge < -0.3 is 18.9 Å². The Kier molecular flexibility index (Phi) is 6.48. The minimum absolute atomic E-state index is 0.196. The fraction of sp³-hybridized carbons (Fsp3) is 0.714. The van der Waals surface area contributed by atoms with Crippen LogP contribution in [0.5, 0.6) is 0 Å². The van der Waals surface area contributed by atoms with E-state index in [0.717, 1.165) is 37.1 Å². The molecule has 2 aliphatic heterocycles. The molecule has 5 atom stereocenters. The van der Waals surface area contributed by atoms with Gasteiger partial charge in [-0.25, -0.2) is 14.8 Å². The van der Waals surface area contributed by atoms with Gasteiger partial charge in [-0.15, -0.1) is 0 Å². The van der Waals surface area contributed by atoms with Crippen molar-refractivity contribution < 1.29 is 18.8 Å². The van der Waals surface area contributed by atoms with Gasteiger partial charge in [0.2, 0.25) is 5.95 Å². The molecule has 2 aromatic rings. The Labute approximate surface area is 213 Å². The molecule has 4 fully saturated rings. The average Bonchev–Trinajstić information content (AvgIpc) is 3.58. The first kappa shape index (κ1) is 23.9. The molecule has 0 spiro atoms. The molecule has 194 valence electrons. The Bertz CT molecular complexity index is 1100. The quantitative estimate of drug-likeness (QED) is 0.470. The smallest absolute Gasteiger partial charge is 0.356 e. The highest BCUT2D eigenvalue weighted by atomic mass is 16.5. The zero-order valence-electron chi connectivity index (χ0n) is 21.7. The van der Waals surface area contributed by atoms with Crippen molar-refractivity contribution in [3.63, 3.8) is 0 Å². The summed E-state index contributed by atoms with van der Waals surface area (Å²) < 4.78 is 17.5. The van der Waals surface area contributed by atoms with Gasteiger partial charge in [0.05, 0.1) is 25.5 Å². The summed E-state index contributed by atoms with van der Waals surface area (Å²) in [5, 5.41) is 4.63. The average molecular weight is 495 g/mol. The molecule has 2 saturated carbocycles. The Morgan fingerprint density at radius 1 is 1.08 bits per heavy atom. The third-order valence-electron chi connectivity index (χ3n) is 8.88. The first-order chi connectivity index (χ1) is 17.5. The monoisotopic (exact) mass is 494 g/mol. The first-order valence-electron chi connectivity index (χ1n) is 13.8. The number of hydrogen-bond acceptors (Lipinski definition) is 8. The highest BCUT2D eigenvalue weighted by Gasteiger charge is 2.43. The molecule has 36 heavy (non-hydrogen) atoms. The number of carbonyl (C=O) groups is 1. The van der Waals surface area contributed by atoms with Gasteiger partial charge >= 0.3 is 5.97 Å². The number of hydrogen-bond donors (Lipinski definition) is 0. The number of carbonyl (C=O) groups excluding carboxylic acids is 1. The summed E-state index contributed by atoms with van der Waals surface area (Å²) in [6.45, 7) is 4.87. The van der Waals surface area contributed by atoms with Gasteiger partial charge in [-0.1, -0.05) is 31.3 Å². The van der Waals surface area contributed by atoms with Gasteiger partial charge in [0.25, 0.3) is 0 Å². The molecule has 0 aromatic carbocycles. The summed E-state index contributed by atoms with van der Waals surface area (Å²) in [5.74, 6) is 2.99. The third kappa shape index (κ3) is 4.53. The highest BCUT2D eigenvalue weighted by molar-refractivity contribution is 5.87. The van der Waals surface area contributed by atoms with Crippen LogP contribution in [0.25, 0.3) is 0 Å². The van der Waals surface area contributed by atoms with E-state index >= 15 is 0 Å². The normalized spacial score (nSPS) is 30.0. The molecule has 2 aromatic heterocycles. The lowest BCUT2D eigenvalue weighted by molar-refractivity contribution is 0.0137. The number of methoxy groups -OCH3 is 1. The summed E-state index contributed by atoms with van der Waals surface area (Å²) in [6.07, 6.45) is 11.8. The van der Waals surface area contributed by atoms with Crippen LogP contribution in [0.15, 0.2) is 10.6 Å². The number of esters is 1. The van der Waals surface area contributed by atoms with E-state index in [1.807, 2.05) is 6.92 Å². The predicted molar refractivity (Wildman–Crippen MR) is 134 cm³/mol. The second-order valence-electron chi connectivity index (χ2n) is 11.4. The minimum atomic E-state index is -0.421. The fourth-order valence-corrected chi connectivity index (χ4v) is 6.83. The Balaban J connectivity index is 1.16. The van der Waals surface area contributed by atoms with E-state index in [2.05, 4.69) is 26.9 Å². The van der Waals surface area contributed by atoms with E-state index in [1.165, 1.54) is 56.9 Å². The van der Waals surface area contributed by atoms with Crippen LogP contribution < -0.4 is 4.90 Å². The van der Waals surface area contributed by atoms with Crippen LogP contribution in [0, 0.1) is 12.8 Å². The van der Waals surface area contributed by atoms with Crippen LogP contribution in [0.3, 0.4) is 0 Å². The van der Waals surface area contributed by atoms with Gasteiger partial charge in [0.1, 0.15) is 5.76 Å². The SMILES string of the molecule is COC(=O)c1cc(C)nc(N2C3CC[C@H]2CC(OCc2c(C4CCCCC4C)noc2C2CC2)C3)n1. The minimum Gasteiger partial charge on any atom is -0.464 e. The van der Waals surface area contributed by atoms with Crippen molar-refractivity contribution in [3.8, 4) is 0 Å². The van der Waals surface area contributed by atoms with Gasteiger partial charge in [0.15, 0.2) is 5.69 Å². The highest BCUT2D eigenvalue weighted by Crippen LogP contribution is 2.47. The Morgan fingerprint density at radius 3 is 2.53 bits per heavy atom. The molecule has 0 amide bonds. The molecule has 8 heteroatoms. The van der Waals surface area contributed by atoms with Crippen LogP contribution in [-0.2, 0) is 16.1 Å². The predicted octanol–water partition coefficient (Wildman–Crippen LogP) is 5.45. The number of nitrogens with zero attached hydrogens (tertiary/aromatic N) is 4. The second kappa shape index (κ2) is 9.77. The van der Waals surface area contributed by atoms with Crippen molar-refractivity contribution in [1.82, 2.24) is 15.1 Å². The molecular weight excluding hydrogens is 456 g/mol. The lowest BCUT2D eigenvalue weighted by Crippen LogP contribution is -2.46. The van der Waals surface area contributed by atoms with Gasteiger partial charge in [0, 0.05) is 35.2 Å². The Hall–Kier alpha value is -2.48. The maximum atomic E-state index is 12.1. The maximum absolute atomic E-state index is 12.1. The summed E-state index contributed by atoms with van der Waals surface area (Å²) in [6, 6.07) is 2.34. The molecule has 2 bridgehead atoms. The molecular formula is C28H38N4O4. The summed E-state index contributed by atoms with van der Waals surface area (Å²) in [7, 11) is 1.39. The third-order valence-corrected chi connectivity index (χ3v) is 8.88. The second-order valence-corrected chi connectivity index (χ2v) is 11.4. The molecule has 0 N–H and O–H groups in total. The molecule has 0 radical (unpaired) electrons. The standard InChI is InChI=1S/C28H38N4O4/c1-16-6-4-5-7-22(16)25-23(26(36-31-25)18-8-9-18)15-35-21-13-19-10-11-20(14-21)32(19)28-29-17(2)12-24(30-28)27(33)34-3/h12,16,18-22H,4-11,13-15H2,1-3H3/t16?,19-,20?,21?,22?/m0/s1. The zero-order chi connectivity index (χ0) is 24.8. The molecule has 4 aliphatic rings.